The summed E-state index contributed by atoms with van der Waals surface area (Å²) in [5.74, 6) is 0.615. The highest BCUT2D eigenvalue weighted by atomic mass is 16.5. The number of amides is 1. The molecule has 100 valence electrons. The fraction of sp³-hybridized carbons (Fsp3) is 0.462. The van der Waals surface area contributed by atoms with Gasteiger partial charge in [-0.05, 0) is 30.7 Å². The van der Waals surface area contributed by atoms with E-state index in [9.17, 15) is 4.79 Å². The Bertz CT molecular complexity index is 351. The van der Waals surface area contributed by atoms with Crippen LogP contribution < -0.4 is 10.1 Å². The molecule has 2 N–H and O–H groups in total. The van der Waals surface area contributed by atoms with Gasteiger partial charge in [-0.25, -0.2) is 0 Å². The fourth-order valence-electron chi connectivity index (χ4n) is 1.39. The van der Waals surface area contributed by atoms with E-state index in [1.54, 1.807) is 31.4 Å². The SMILES string of the molecule is COc1ccc(C(=O)NCCCOCCO)cc1. The van der Waals surface area contributed by atoms with Gasteiger partial charge in [-0.1, -0.05) is 0 Å². The summed E-state index contributed by atoms with van der Waals surface area (Å²) in [4.78, 5) is 11.7. The van der Waals surface area contributed by atoms with Gasteiger partial charge in [0, 0.05) is 18.7 Å². The van der Waals surface area contributed by atoms with Crippen LogP contribution >= 0.6 is 0 Å². The molecule has 0 radical (unpaired) electrons. The van der Waals surface area contributed by atoms with Gasteiger partial charge in [-0.3, -0.25) is 4.79 Å². The molecule has 18 heavy (non-hydrogen) atoms. The van der Waals surface area contributed by atoms with E-state index in [-0.39, 0.29) is 12.5 Å². The van der Waals surface area contributed by atoms with Crippen LogP contribution in [0, 0.1) is 0 Å². The molecule has 0 aliphatic rings. The number of benzene rings is 1. The molecule has 0 aromatic heterocycles. The number of aliphatic hydroxyl groups excluding tert-OH is 1. The van der Waals surface area contributed by atoms with Crippen molar-refractivity contribution in [3.05, 3.63) is 29.8 Å². The van der Waals surface area contributed by atoms with Crippen molar-refractivity contribution in [2.45, 2.75) is 6.42 Å². The molecule has 0 atom stereocenters. The minimum Gasteiger partial charge on any atom is -0.497 e. The van der Waals surface area contributed by atoms with Crippen molar-refractivity contribution >= 4 is 5.91 Å². The summed E-state index contributed by atoms with van der Waals surface area (Å²) in [5.41, 5.74) is 0.604. The van der Waals surface area contributed by atoms with Crippen LogP contribution in [-0.2, 0) is 4.74 Å². The van der Waals surface area contributed by atoms with Crippen LogP contribution in [0.25, 0.3) is 0 Å². The zero-order valence-corrected chi connectivity index (χ0v) is 10.5. The normalized spacial score (nSPS) is 10.1. The standard InChI is InChI=1S/C13H19NO4/c1-17-12-5-3-11(4-6-12)13(16)14-7-2-9-18-10-8-15/h3-6,15H,2,7-10H2,1H3,(H,14,16). The van der Waals surface area contributed by atoms with Crippen molar-refractivity contribution in [3.8, 4) is 5.75 Å². The van der Waals surface area contributed by atoms with E-state index in [1.165, 1.54) is 0 Å². The first-order chi connectivity index (χ1) is 8.77. The predicted octanol–water partition coefficient (Wildman–Crippen LogP) is 0.824. The Labute approximate surface area is 107 Å². The van der Waals surface area contributed by atoms with Crippen LogP contribution in [0.5, 0.6) is 5.75 Å². The van der Waals surface area contributed by atoms with Gasteiger partial charge in [0.05, 0.1) is 20.3 Å². The van der Waals surface area contributed by atoms with Gasteiger partial charge < -0.3 is 19.9 Å². The molecule has 1 rings (SSSR count). The van der Waals surface area contributed by atoms with E-state index < -0.39 is 0 Å². The van der Waals surface area contributed by atoms with Crippen LogP contribution in [0.2, 0.25) is 0 Å². The predicted molar refractivity (Wildman–Crippen MR) is 67.8 cm³/mol. The number of carbonyl (C=O) groups excluding carboxylic acids is 1. The van der Waals surface area contributed by atoms with E-state index in [4.69, 9.17) is 14.6 Å². The summed E-state index contributed by atoms with van der Waals surface area (Å²) < 4.78 is 10.1. The summed E-state index contributed by atoms with van der Waals surface area (Å²) in [6, 6.07) is 6.94. The minimum atomic E-state index is -0.111. The molecule has 0 unspecified atom stereocenters. The lowest BCUT2D eigenvalue weighted by molar-refractivity contribution is 0.0867. The Balaban J connectivity index is 2.23. The highest BCUT2D eigenvalue weighted by Crippen LogP contribution is 2.10. The van der Waals surface area contributed by atoms with Gasteiger partial charge in [0.15, 0.2) is 0 Å². The average Bonchev–Trinajstić information content (AvgIpc) is 2.42. The Morgan fingerprint density at radius 3 is 2.61 bits per heavy atom. The summed E-state index contributed by atoms with van der Waals surface area (Å²) in [5, 5.41) is 11.3. The van der Waals surface area contributed by atoms with E-state index >= 15 is 0 Å². The molecule has 1 aromatic rings. The second-order valence-corrected chi connectivity index (χ2v) is 3.67. The van der Waals surface area contributed by atoms with Crippen LogP contribution in [0.4, 0.5) is 0 Å². The highest BCUT2D eigenvalue weighted by molar-refractivity contribution is 5.94. The van der Waals surface area contributed by atoms with Crippen molar-refractivity contribution in [2.24, 2.45) is 0 Å². The molecule has 0 saturated carbocycles. The molecule has 0 fully saturated rings. The fourth-order valence-corrected chi connectivity index (χ4v) is 1.39. The third kappa shape index (κ3) is 5.16. The Kier molecular flexibility index (Phi) is 6.83. The van der Waals surface area contributed by atoms with Crippen molar-refractivity contribution in [1.82, 2.24) is 5.32 Å². The Hall–Kier alpha value is -1.59. The molecule has 0 aliphatic heterocycles. The molecule has 0 aliphatic carbocycles. The zero-order valence-electron chi connectivity index (χ0n) is 10.5. The van der Waals surface area contributed by atoms with E-state index in [1.807, 2.05) is 0 Å². The number of carbonyl (C=O) groups is 1. The average molecular weight is 253 g/mol. The van der Waals surface area contributed by atoms with Gasteiger partial charge in [-0.15, -0.1) is 0 Å². The van der Waals surface area contributed by atoms with Gasteiger partial charge in [-0.2, -0.15) is 0 Å². The maximum atomic E-state index is 11.7. The monoisotopic (exact) mass is 253 g/mol. The molecular weight excluding hydrogens is 234 g/mol. The number of aliphatic hydroxyl groups is 1. The Morgan fingerprint density at radius 1 is 1.28 bits per heavy atom. The number of hydrogen-bond acceptors (Lipinski definition) is 4. The first-order valence-electron chi connectivity index (χ1n) is 5.88. The molecule has 1 aromatic carbocycles. The maximum absolute atomic E-state index is 11.7. The molecule has 0 bridgehead atoms. The lowest BCUT2D eigenvalue weighted by atomic mass is 10.2. The molecule has 0 spiro atoms. The minimum absolute atomic E-state index is 0.0260. The van der Waals surface area contributed by atoms with Crippen molar-refractivity contribution in [3.63, 3.8) is 0 Å². The van der Waals surface area contributed by atoms with Crippen molar-refractivity contribution in [1.29, 1.82) is 0 Å². The zero-order chi connectivity index (χ0) is 13.2. The third-order valence-electron chi connectivity index (χ3n) is 2.34. The van der Waals surface area contributed by atoms with Crippen LogP contribution in [0.3, 0.4) is 0 Å². The number of rotatable bonds is 8. The van der Waals surface area contributed by atoms with Gasteiger partial charge in [0.1, 0.15) is 5.75 Å². The number of ether oxygens (including phenoxy) is 2. The van der Waals surface area contributed by atoms with Gasteiger partial charge >= 0.3 is 0 Å². The lowest BCUT2D eigenvalue weighted by Gasteiger charge is -2.06. The molecule has 1 amide bonds. The third-order valence-corrected chi connectivity index (χ3v) is 2.34. The lowest BCUT2D eigenvalue weighted by Crippen LogP contribution is -2.25. The second kappa shape index (κ2) is 8.49. The van der Waals surface area contributed by atoms with Crippen molar-refractivity contribution < 1.29 is 19.4 Å². The number of hydrogen-bond donors (Lipinski definition) is 2. The van der Waals surface area contributed by atoms with Crippen molar-refractivity contribution in [2.75, 3.05) is 33.5 Å². The largest absolute Gasteiger partial charge is 0.497 e. The molecular formula is C13H19NO4. The first kappa shape index (κ1) is 14.5. The number of nitrogens with one attached hydrogen (secondary N) is 1. The summed E-state index contributed by atoms with van der Waals surface area (Å²) in [7, 11) is 1.58. The van der Waals surface area contributed by atoms with Crippen LogP contribution in [0.15, 0.2) is 24.3 Å². The quantitative estimate of drug-likeness (QED) is 0.673. The summed E-state index contributed by atoms with van der Waals surface area (Å²) >= 11 is 0. The van der Waals surface area contributed by atoms with E-state index in [0.717, 1.165) is 12.2 Å². The van der Waals surface area contributed by atoms with Crippen LogP contribution in [0.1, 0.15) is 16.8 Å². The topological polar surface area (TPSA) is 67.8 Å². The summed E-state index contributed by atoms with van der Waals surface area (Å²) in [6.45, 7) is 1.45. The number of methoxy groups -OCH3 is 1. The molecule has 5 heteroatoms. The molecule has 0 saturated heterocycles. The highest BCUT2D eigenvalue weighted by Gasteiger charge is 2.04. The molecule has 5 nitrogen and oxygen atoms in total. The van der Waals surface area contributed by atoms with Gasteiger partial charge in [0.25, 0.3) is 5.91 Å². The molecule has 0 heterocycles. The first-order valence-corrected chi connectivity index (χ1v) is 5.88. The van der Waals surface area contributed by atoms with E-state index in [2.05, 4.69) is 5.32 Å². The summed E-state index contributed by atoms with van der Waals surface area (Å²) in [6.07, 6.45) is 0.724. The second-order valence-electron chi connectivity index (χ2n) is 3.67. The smallest absolute Gasteiger partial charge is 0.251 e. The van der Waals surface area contributed by atoms with E-state index in [0.29, 0.717) is 25.3 Å². The maximum Gasteiger partial charge on any atom is 0.251 e. The Morgan fingerprint density at radius 2 is 2.00 bits per heavy atom. The van der Waals surface area contributed by atoms with Crippen LogP contribution in [-0.4, -0.2) is 44.5 Å². The van der Waals surface area contributed by atoms with Gasteiger partial charge in [0.2, 0.25) is 0 Å².